The standard InChI is InChI=1S/C22H19Cl2N3O4/c1-14-2-4-18(11-20(14)24)26-22(28)13-31-21-9-3-16(23)10-15(21)12-25-17-5-7-19(8-6-17)27(29)30/h2-11,25H,12-13H2,1H3,(H,26,28). The van der Waals surface area contributed by atoms with Crippen molar-refractivity contribution < 1.29 is 14.5 Å². The first-order valence-corrected chi connectivity index (χ1v) is 10.0. The topological polar surface area (TPSA) is 93.5 Å². The van der Waals surface area contributed by atoms with Gasteiger partial charge in [0.25, 0.3) is 11.6 Å². The van der Waals surface area contributed by atoms with E-state index in [-0.39, 0.29) is 18.2 Å². The fourth-order valence-electron chi connectivity index (χ4n) is 2.74. The lowest BCUT2D eigenvalue weighted by Crippen LogP contribution is -2.20. The third-order valence-electron chi connectivity index (χ3n) is 4.40. The van der Waals surface area contributed by atoms with Crippen LogP contribution in [0.2, 0.25) is 10.0 Å². The van der Waals surface area contributed by atoms with Crippen LogP contribution in [0.15, 0.2) is 60.7 Å². The van der Waals surface area contributed by atoms with Crippen LogP contribution in [0.5, 0.6) is 5.75 Å². The summed E-state index contributed by atoms with van der Waals surface area (Å²) in [5, 5.41) is 17.7. The molecule has 0 aliphatic heterocycles. The predicted molar refractivity (Wildman–Crippen MR) is 122 cm³/mol. The van der Waals surface area contributed by atoms with Gasteiger partial charge >= 0.3 is 0 Å². The zero-order valence-corrected chi connectivity index (χ0v) is 18.0. The van der Waals surface area contributed by atoms with Crippen molar-refractivity contribution in [3.05, 3.63) is 92.0 Å². The molecule has 0 aliphatic carbocycles. The summed E-state index contributed by atoms with van der Waals surface area (Å²) >= 11 is 12.2. The molecule has 0 spiro atoms. The van der Waals surface area contributed by atoms with Gasteiger partial charge in [0.2, 0.25) is 0 Å². The molecule has 0 saturated carbocycles. The number of aryl methyl sites for hydroxylation is 1. The van der Waals surface area contributed by atoms with Crippen molar-refractivity contribution in [2.45, 2.75) is 13.5 Å². The fraction of sp³-hybridized carbons (Fsp3) is 0.136. The minimum atomic E-state index is -0.456. The van der Waals surface area contributed by atoms with Crippen LogP contribution in [0.3, 0.4) is 0 Å². The Balaban J connectivity index is 1.61. The van der Waals surface area contributed by atoms with E-state index in [0.717, 1.165) is 11.1 Å². The van der Waals surface area contributed by atoms with Gasteiger partial charge in [-0.2, -0.15) is 0 Å². The van der Waals surface area contributed by atoms with Crippen molar-refractivity contribution in [3.63, 3.8) is 0 Å². The molecule has 0 atom stereocenters. The minimum absolute atomic E-state index is 0.0122. The van der Waals surface area contributed by atoms with Gasteiger partial charge in [0.1, 0.15) is 5.75 Å². The number of benzene rings is 3. The second-order valence-electron chi connectivity index (χ2n) is 6.71. The molecule has 31 heavy (non-hydrogen) atoms. The summed E-state index contributed by atoms with van der Waals surface area (Å²) in [7, 11) is 0. The van der Waals surface area contributed by atoms with Gasteiger partial charge < -0.3 is 15.4 Å². The highest BCUT2D eigenvalue weighted by Crippen LogP contribution is 2.25. The van der Waals surface area contributed by atoms with Gasteiger partial charge in [-0.25, -0.2) is 0 Å². The summed E-state index contributed by atoms with van der Waals surface area (Å²) in [5.41, 5.74) is 2.95. The molecule has 1 amide bonds. The lowest BCUT2D eigenvalue weighted by atomic mass is 10.2. The van der Waals surface area contributed by atoms with Crippen molar-refractivity contribution in [3.8, 4) is 5.75 Å². The second-order valence-corrected chi connectivity index (χ2v) is 7.55. The van der Waals surface area contributed by atoms with Crippen LogP contribution < -0.4 is 15.4 Å². The Hall–Kier alpha value is -3.29. The SMILES string of the molecule is Cc1ccc(NC(=O)COc2ccc(Cl)cc2CNc2ccc([N+](=O)[O-])cc2)cc1Cl. The summed E-state index contributed by atoms with van der Waals surface area (Å²) in [4.78, 5) is 22.6. The Bertz CT molecular complexity index is 1100. The molecule has 0 radical (unpaired) electrons. The van der Waals surface area contributed by atoms with Crippen molar-refractivity contribution >= 4 is 46.2 Å². The maximum atomic E-state index is 12.3. The smallest absolute Gasteiger partial charge is 0.269 e. The highest BCUT2D eigenvalue weighted by atomic mass is 35.5. The fourth-order valence-corrected chi connectivity index (χ4v) is 3.11. The van der Waals surface area contributed by atoms with E-state index in [0.29, 0.717) is 33.7 Å². The average molecular weight is 460 g/mol. The van der Waals surface area contributed by atoms with Gasteiger partial charge in [-0.05, 0) is 55.0 Å². The molecular formula is C22H19Cl2N3O4. The van der Waals surface area contributed by atoms with Crippen LogP contribution in [0, 0.1) is 17.0 Å². The van der Waals surface area contributed by atoms with Crippen molar-refractivity contribution in [1.82, 2.24) is 0 Å². The quantitative estimate of drug-likeness (QED) is 0.326. The monoisotopic (exact) mass is 459 g/mol. The minimum Gasteiger partial charge on any atom is -0.483 e. The number of ether oxygens (including phenoxy) is 1. The van der Waals surface area contributed by atoms with Gasteiger partial charge in [-0.15, -0.1) is 0 Å². The molecule has 0 bridgehead atoms. The molecule has 0 heterocycles. The third-order valence-corrected chi connectivity index (χ3v) is 5.04. The molecule has 2 N–H and O–H groups in total. The normalized spacial score (nSPS) is 10.4. The summed E-state index contributed by atoms with van der Waals surface area (Å²) in [6, 6.07) is 16.4. The molecule has 3 aromatic carbocycles. The first kappa shape index (κ1) is 22.4. The number of anilines is 2. The number of hydrogen-bond acceptors (Lipinski definition) is 5. The Morgan fingerprint density at radius 2 is 1.74 bits per heavy atom. The number of rotatable bonds is 8. The number of halogens is 2. The highest BCUT2D eigenvalue weighted by molar-refractivity contribution is 6.31. The van der Waals surface area contributed by atoms with Crippen LogP contribution in [0.4, 0.5) is 17.1 Å². The average Bonchev–Trinajstić information content (AvgIpc) is 2.74. The summed E-state index contributed by atoms with van der Waals surface area (Å²) in [5.74, 6) is 0.167. The van der Waals surface area contributed by atoms with Crippen molar-refractivity contribution in [2.75, 3.05) is 17.2 Å². The summed E-state index contributed by atoms with van der Waals surface area (Å²) in [6.45, 7) is 2.03. The van der Waals surface area contributed by atoms with Gasteiger partial charge in [0.15, 0.2) is 6.61 Å². The lowest BCUT2D eigenvalue weighted by Gasteiger charge is -2.14. The molecule has 160 valence electrons. The maximum Gasteiger partial charge on any atom is 0.269 e. The first-order chi connectivity index (χ1) is 14.8. The number of hydrogen-bond donors (Lipinski definition) is 2. The highest BCUT2D eigenvalue weighted by Gasteiger charge is 2.10. The van der Waals surface area contributed by atoms with E-state index in [1.54, 1.807) is 42.5 Å². The molecule has 7 nitrogen and oxygen atoms in total. The number of amides is 1. The molecule has 0 fully saturated rings. The van der Waals surface area contributed by atoms with E-state index in [4.69, 9.17) is 27.9 Å². The lowest BCUT2D eigenvalue weighted by molar-refractivity contribution is -0.384. The number of nitrogens with zero attached hydrogens (tertiary/aromatic N) is 1. The predicted octanol–water partition coefficient (Wildman–Crippen LogP) is 5.84. The summed E-state index contributed by atoms with van der Waals surface area (Å²) in [6.07, 6.45) is 0. The van der Waals surface area contributed by atoms with E-state index in [1.807, 2.05) is 13.0 Å². The Morgan fingerprint density at radius 1 is 1.03 bits per heavy atom. The number of carbonyl (C=O) groups excluding carboxylic acids is 1. The van der Waals surface area contributed by atoms with Crippen LogP contribution >= 0.6 is 23.2 Å². The molecule has 0 saturated heterocycles. The second kappa shape index (κ2) is 10.1. The number of non-ortho nitro benzene ring substituents is 1. The molecule has 3 rings (SSSR count). The van der Waals surface area contributed by atoms with Gasteiger partial charge in [0, 0.05) is 45.7 Å². The Morgan fingerprint density at radius 3 is 2.42 bits per heavy atom. The van der Waals surface area contributed by atoms with Crippen LogP contribution in [0.1, 0.15) is 11.1 Å². The van der Waals surface area contributed by atoms with Crippen molar-refractivity contribution in [1.29, 1.82) is 0 Å². The van der Waals surface area contributed by atoms with E-state index < -0.39 is 4.92 Å². The van der Waals surface area contributed by atoms with E-state index in [9.17, 15) is 14.9 Å². The Kier molecular flexibility index (Phi) is 7.33. The van der Waals surface area contributed by atoms with Gasteiger partial charge in [-0.1, -0.05) is 29.3 Å². The van der Waals surface area contributed by atoms with Crippen LogP contribution in [0.25, 0.3) is 0 Å². The maximum absolute atomic E-state index is 12.3. The van der Waals surface area contributed by atoms with Gasteiger partial charge in [0.05, 0.1) is 4.92 Å². The first-order valence-electron chi connectivity index (χ1n) is 9.27. The molecular weight excluding hydrogens is 441 g/mol. The molecule has 0 unspecified atom stereocenters. The zero-order chi connectivity index (χ0) is 22.4. The van der Waals surface area contributed by atoms with E-state index in [2.05, 4.69) is 10.6 Å². The van der Waals surface area contributed by atoms with E-state index >= 15 is 0 Å². The largest absolute Gasteiger partial charge is 0.483 e. The summed E-state index contributed by atoms with van der Waals surface area (Å²) < 4.78 is 5.69. The Labute approximate surface area is 189 Å². The number of carbonyl (C=O) groups is 1. The third kappa shape index (κ3) is 6.34. The molecule has 0 aliphatic rings. The van der Waals surface area contributed by atoms with Gasteiger partial charge in [-0.3, -0.25) is 14.9 Å². The number of nitrogens with one attached hydrogen (secondary N) is 2. The van der Waals surface area contributed by atoms with Crippen LogP contribution in [-0.4, -0.2) is 17.4 Å². The molecule has 3 aromatic rings. The number of nitro benzene ring substituents is 1. The molecule has 0 aromatic heterocycles. The number of nitro groups is 1. The van der Waals surface area contributed by atoms with Crippen LogP contribution in [-0.2, 0) is 11.3 Å². The molecule has 9 heteroatoms. The van der Waals surface area contributed by atoms with E-state index in [1.165, 1.54) is 12.1 Å². The zero-order valence-electron chi connectivity index (χ0n) is 16.5. The van der Waals surface area contributed by atoms with Crippen molar-refractivity contribution in [2.24, 2.45) is 0 Å².